The number of rotatable bonds is 1. The Labute approximate surface area is 68.3 Å². The van der Waals surface area contributed by atoms with Crippen LogP contribution in [0.1, 0.15) is 25.3 Å². The molecule has 0 atom stereocenters. The molecule has 0 heteroatoms. The SMILES string of the molecule is C[C]1C[C](c2ccccc2)C1. The van der Waals surface area contributed by atoms with Crippen molar-refractivity contribution in [1.29, 1.82) is 0 Å². The van der Waals surface area contributed by atoms with E-state index in [0.29, 0.717) is 0 Å². The lowest BCUT2D eigenvalue weighted by Gasteiger charge is -2.31. The van der Waals surface area contributed by atoms with Gasteiger partial charge in [0.1, 0.15) is 0 Å². The molecule has 1 aliphatic carbocycles. The van der Waals surface area contributed by atoms with Gasteiger partial charge in [-0.3, -0.25) is 0 Å². The quantitative estimate of drug-likeness (QED) is 0.568. The molecule has 0 bridgehead atoms. The highest BCUT2D eigenvalue weighted by Gasteiger charge is 2.27. The van der Waals surface area contributed by atoms with Gasteiger partial charge in [-0.25, -0.2) is 0 Å². The predicted molar refractivity (Wildman–Crippen MR) is 46.9 cm³/mol. The van der Waals surface area contributed by atoms with Crippen molar-refractivity contribution in [2.45, 2.75) is 19.8 Å². The summed E-state index contributed by atoms with van der Waals surface area (Å²) in [5.41, 5.74) is 1.43. The van der Waals surface area contributed by atoms with Gasteiger partial charge in [0.25, 0.3) is 0 Å². The minimum atomic E-state index is 1.23. The van der Waals surface area contributed by atoms with E-state index in [0.717, 1.165) is 0 Å². The molecular formula is C11H12. The fourth-order valence-electron chi connectivity index (χ4n) is 1.55. The first-order valence-electron chi connectivity index (χ1n) is 4.07. The molecule has 1 aromatic carbocycles. The molecular weight excluding hydrogens is 132 g/mol. The molecule has 0 spiro atoms. The minimum Gasteiger partial charge on any atom is -0.0622 e. The van der Waals surface area contributed by atoms with E-state index in [1.54, 1.807) is 11.8 Å². The smallest absolute Gasteiger partial charge is 0.00610 e. The third-order valence-corrected chi connectivity index (χ3v) is 2.21. The average Bonchev–Trinajstić information content (AvgIpc) is 2.01. The van der Waals surface area contributed by atoms with Crippen molar-refractivity contribution in [3.05, 3.63) is 47.7 Å². The number of hydrogen-bond acceptors (Lipinski definition) is 0. The second-order valence-corrected chi connectivity index (χ2v) is 3.28. The van der Waals surface area contributed by atoms with Crippen LogP contribution in [0.3, 0.4) is 0 Å². The Hall–Kier alpha value is -0.780. The van der Waals surface area contributed by atoms with Gasteiger partial charge in [-0.2, -0.15) is 0 Å². The van der Waals surface area contributed by atoms with Crippen LogP contribution in [0.15, 0.2) is 30.3 Å². The molecule has 1 fully saturated rings. The van der Waals surface area contributed by atoms with Crippen LogP contribution in [0.2, 0.25) is 0 Å². The lowest BCUT2D eigenvalue weighted by Crippen LogP contribution is -2.17. The van der Waals surface area contributed by atoms with E-state index in [-0.39, 0.29) is 0 Å². The molecule has 11 heavy (non-hydrogen) atoms. The van der Waals surface area contributed by atoms with E-state index in [4.69, 9.17) is 0 Å². The standard InChI is InChI=1S/C11H12/c1-9-7-11(8-9)10-5-3-2-4-6-10/h2-6H,7-8H2,1H3. The molecule has 0 aromatic heterocycles. The predicted octanol–water partition coefficient (Wildman–Crippen LogP) is 3.00. The Balaban J connectivity index is 2.08. The van der Waals surface area contributed by atoms with Crippen LogP contribution in [-0.4, -0.2) is 0 Å². The van der Waals surface area contributed by atoms with E-state index in [9.17, 15) is 0 Å². The van der Waals surface area contributed by atoms with Crippen LogP contribution in [-0.2, 0) is 0 Å². The Morgan fingerprint density at radius 2 is 1.64 bits per heavy atom. The van der Waals surface area contributed by atoms with Gasteiger partial charge in [0.15, 0.2) is 0 Å². The van der Waals surface area contributed by atoms with Gasteiger partial charge < -0.3 is 0 Å². The molecule has 0 saturated heterocycles. The highest BCUT2D eigenvalue weighted by atomic mass is 14.3. The zero-order chi connectivity index (χ0) is 7.68. The van der Waals surface area contributed by atoms with Crippen LogP contribution in [0, 0.1) is 11.8 Å². The normalized spacial score (nSPS) is 19.7. The largest absolute Gasteiger partial charge is 0.0622 e. The Morgan fingerprint density at radius 1 is 1.00 bits per heavy atom. The third-order valence-electron chi connectivity index (χ3n) is 2.21. The van der Waals surface area contributed by atoms with E-state index in [2.05, 4.69) is 37.3 Å². The van der Waals surface area contributed by atoms with Gasteiger partial charge in [-0.1, -0.05) is 37.3 Å². The monoisotopic (exact) mass is 144 g/mol. The van der Waals surface area contributed by atoms with Gasteiger partial charge in [0, 0.05) is 5.92 Å². The third kappa shape index (κ3) is 1.30. The van der Waals surface area contributed by atoms with Crippen molar-refractivity contribution in [3.63, 3.8) is 0 Å². The van der Waals surface area contributed by atoms with Gasteiger partial charge >= 0.3 is 0 Å². The molecule has 1 aromatic rings. The van der Waals surface area contributed by atoms with Gasteiger partial charge in [-0.15, -0.1) is 0 Å². The summed E-state index contributed by atoms with van der Waals surface area (Å²) in [5, 5.41) is 0. The zero-order valence-electron chi connectivity index (χ0n) is 6.80. The number of hydrogen-bond donors (Lipinski definition) is 0. The molecule has 0 aliphatic heterocycles. The van der Waals surface area contributed by atoms with E-state index in [1.807, 2.05) is 0 Å². The fourth-order valence-corrected chi connectivity index (χ4v) is 1.55. The first-order chi connectivity index (χ1) is 5.36. The second-order valence-electron chi connectivity index (χ2n) is 3.28. The summed E-state index contributed by atoms with van der Waals surface area (Å²) < 4.78 is 0. The van der Waals surface area contributed by atoms with E-state index < -0.39 is 0 Å². The van der Waals surface area contributed by atoms with Crippen LogP contribution >= 0.6 is 0 Å². The molecule has 56 valence electrons. The Bertz CT molecular complexity index is 219. The average molecular weight is 144 g/mol. The summed E-state index contributed by atoms with van der Waals surface area (Å²) in [4.78, 5) is 0. The van der Waals surface area contributed by atoms with Crippen LogP contribution in [0.25, 0.3) is 0 Å². The lowest BCUT2D eigenvalue weighted by atomic mass is 9.72. The van der Waals surface area contributed by atoms with Crippen molar-refractivity contribution < 1.29 is 0 Å². The second kappa shape index (κ2) is 2.69. The Morgan fingerprint density at radius 3 is 2.18 bits per heavy atom. The molecule has 0 heterocycles. The summed E-state index contributed by atoms with van der Waals surface area (Å²) >= 11 is 0. The minimum absolute atomic E-state index is 1.23. The van der Waals surface area contributed by atoms with Crippen molar-refractivity contribution in [3.8, 4) is 0 Å². The molecule has 1 aliphatic rings. The maximum absolute atomic E-state index is 2.23. The van der Waals surface area contributed by atoms with E-state index >= 15 is 0 Å². The molecule has 2 rings (SSSR count). The fraction of sp³-hybridized carbons (Fsp3) is 0.273. The molecule has 0 N–H and O–H groups in total. The molecule has 2 radical (unpaired) electrons. The maximum Gasteiger partial charge on any atom is 0.00610 e. The summed E-state index contributed by atoms with van der Waals surface area (Å²) in [6.45, 7) is 2.23. The van der Waals surface area contributed by atoms with Crippen LogP contribution in [0.4, 0.5) is 0 Å². The zero-order valence-corrected chi connectivity index (χ0v) is 6.80. The van der Waals surface area contributed by atoms with Crippen molar-refractivity contribution in [1.82, 2.24) is 0 Å². The Kier molecular flexibility index (Phi) is 1.69. The first kappa shape index (κ1) is 6.90. The molecule has 0 nitrogen and oxygen atoms in total. The van der Waals surface area contributed by atoms with Crippen molar-refractivity contribution >= 4 is 0 Å². The number of benzene rings is 1. The van der Waals surface area contributed by atoms with Crippen molar-refractivity contribution in [2.24, 2.45) is 0 Å². The van der Waals surface area contributed by atoms with Gasteiger partial charge in [0.2, 0.25) is 0 Å². The molecule has 0 unspecified atom stereocenters. The molecule has 1 saturated carbocycles. The first-order valence-corrected chi connectivity index (χ1v) is 4.07. The van der Waals surface area contributed by atoms with Gasteiger partial charge in [-0.05, 0) is 24.3 Å². The van der Waals surface area contributed by atoms with E-state index in [1.165, 1.54) is 18.4 Å². The van der Waals surface area contributed by atoms with Crippen LogP contribution < -0.4 is 0 Å². The van der Waals surface area contributed by atoms with Crippen molar-refractivity contribution in [2.75, 3.05) is 0 Å². The highest BCUT2D eigenvalue weighted by Crippen LogP contribution is 2.41. The molecule has 0 amide bonds. The summed E-state index contributed by atoms with van der Waals surface area (Å²) in [6.07, 6.45) is 2.45. The summed E-state index contributed by atoms with van der Waals surface area (Å²) in [7, 11) is 0. The highest BCUT2D eigenvalue weighted by molar-refractivity contribution is 5.38. The maximum atomic E-state index is 2.23. The summed E-state index contributed by atoms with van der Waals surface area (Å²) in [5.74, 6) is 3.21. The summed E-state index contributed by atoms with van der Waals surface area (Å²) in [6, 6.07) is 10.7. The van der Waals surface area contributed by atoms with Gasteiger partial charge in [0.05, 0.1) is 0 Å². The lowest BCUT2D eigenvalue weighted by molar-refractivity contribution is 0.629. The topological polar surface area (TPSA) is 0 Å². The van der Waals surface area contributed by atoms with Crippen LogP contribution in [0.5, 0.6) is 0 Å².